The highest BCUT2D eigenvalue weighted by Gasteiger charge is 2.21. The van der Waals surface area contributed by atoms with Crippen molar-refractivity contribution in [3.63, 3.8) is 0 Å². The maximum atomic E-state index is 10.6. The minimum absolute atomic E-state index is 0.252. The number of anilines is 1. The fourth-order valence-corrected chi connectivity index (χ4v) is 7.50. The number of nitrogens with zero attached hydrogens (tertiary/aromatic N) is 5. The molecule has 0 bridgehead atoms. The van der Waals surface area contributed by atoms with E-state index in [2.05, 4.69) is 89.5 Å². The summed E-state index contributed by atoms with van der Waals surface area (Å²) in [6.07, 6.45) is 0. The molecular weight excluding hydrogens is 661 g/mol. The molecule has 252 valence electrons. The highest BCUT2D eigenvalue weighted by molar-refractivity contribution is 6.11. The number of rotatable bonds is 5. The van der Waals surface area contributed by atoms with Gasteiger partial charge in [-0.1, -0.05) is 97.1 Å². The van der Waals surface area contributed by atoms with E-state index in [0.717, 1.165) is 66.3 Å². The minimum atomic E-state index is 0.252. The molecule has 0 aliphatic heterocycles. The Kier molecular flexibility index (Phi) is 8.21. The number of nitrogens with two attached hydrogens (primary N) is 1. The van der Waals surface area contributed by atoms with Gasteiger partial charge in [0.1, 0.15) is 12.1 Å². The van der Waals surface area contributed by atoms with Crippen molar-refractivity contribution in [1.29, 1.82) is 21.0 Å². The van der Waals surface area contributed by atoms with E-state index in [4.69, 9.17) is 5.73 Å². The molecule has 0 aliphatic rings. The van der Waals surface area contributed by atoms with Crippen molar-refractivity contribution >= 4 is 27.5 Å². The van der Waals surface area contributed by atoms with Gasteiger partial charge in [-0.3, -0.25) is 0 Å². The lowest BCUT2D eigenvalue weighted by Gasteiger charge is -2.18. The Morgan fingerprint density at radius 3 is 1.33 bits per heavy atom. The van der Waals surface area contributed by atoms with Gasteiger partial charge >= 0.3 is 0 Å². The van der Waals surface area contributed by atoms with Gasteiger partial charge in [0.05, 0.1) is 56.8 Å². The van der Waals surface area contributed by atoms with Crippen molar-refractivity contribution in [2.24, 2.45) is 0 Å². The fraction of sp³-hybridized carbons (Fsp3) is 0.0417. The quantitative estimate of drug-likeness (QED) is 0.180. The van der Waals surface area contributed by atoms with Crippen LogP contribution in [0.2, 0.25) is 0 Å². The van der Waals surface area contributed by atoms with Gasteiger partial charge in [-0.25, -0.2) is 0 Å². The standard InChI is InChI=1S/C48H30N6/c1-29-18-42(30(2)17-41(29)43-23-45(53)37(27-51)19-35(43)25-49)44-24-46(38(28-52)20-36(44)26-50)54-47-21-33(31-9-5-3-6-10-31)13-15-39(47)40-16-14-34(22-48(40)54)32-11-7-4-8-12-32/h3-24H,53H2,1-2H3. The molecule has 0 atom stereocenters. The topological polar surface area (TPSA) is 126 Å². The number of hydrogen-bond donors (Lipinski definition) is 1. The Morgan fingerprint density at radius 1 is 0.426 bits per heavy atom. The van der Waals surface area contributed by atoms with Gasteiger partial charge in [-0.05, 0) is 94.8 Å². The number of aromatic nitrogens is 1. The van der Waals surface area contributed by atoms with Crippen LogP contribution in [0.5, 0.6) is 0 Å². The van der Waals surface area contributed by atoms with Gasteiger partial charge in [-0.2, -0.15) is 21.0 Å². The van der Waals surface area contributed by atoms with Crippen LogP contribution in [-0.4, -0.2) is 4.57 Å². The molecule has 7 aromatic carbocycles. The van der Waals surface area contributed by atoms with E-state index in [1.807, 2.05) is 68.4 Å². The number of benzene rings is 7. The number of hydrogen-bond acceptors (Lipinski definition) is 5. The first kappa shape index (κ1) is 33.3. The van der Waals surface area contributed by atoms with Crippen molar-refractivity contribution in [2.45, 2.75) is 13.8 Å². The van der Waals surface area contributed by atoms with Crippen LogP contribution in [0.3, 0.4) is 0 Å². The summed E-state index contributed by atoms with van der Waals surface area (Å²) in [5.41, 5.74) is 19.3. The van der Waals surface area contributed by atoms with Crippen LogP contribution >= 0.6 is 0 Å². The summed E-state index contributed by atoms with van der Waals surface area (Å²) in [6.45, 7) is 3.92. The first-order chi connectivity index (χ1) is 26.3. The normalized spacial score (nSPS) is 10.8. The van der Waals surface area contributed by atoms with Crippen LogP contribution in [0.4, 0.5) is 5.69 Å². The number of nitriles is 4. The van der Waals surface area contributed by atoms with Crippen LogP contribution in [0.1, 0.15) is 33.4 Å². The first-order valence-corrected chi connectivity index (χ1v) is 17.4. The Morgan fingerprint density at radius 2 is 0.870 bits per heavy atom. The van der Waals surface area contributed by atoms with Gasteiger partial charge in [0.2, 0.25) is 0 Å². The average Bonchev–Trinajstić information content (AvgIpc) is 3.54. The van der Waals surface area contributed by atoms with Crippen molar-refractivity contribution < 1.29 is 0 Å². The Hall–Kier alpha value is -7.90. The van der Waals surface area contributed by atoms with E-state index >= 15 is 0 Å². The van der Waals surface area contributed by atoms with Crippen molar-refractivity contribution in [1.82, 2.24) is 4.57 Å². The maximum Gasteiger partial charge on any atom is 0.101 e. The summed E-state index contributed by atoms with van der Waals surface area (Å²) >= 11 is 0. The van der Waals surface area contributed by atoms with Crippen LogP contribution in [0.15, 0.2) is 133 Å². The van der Waals surface area contributed by atoms with Gasteiger partial charge in [0, 0.05) is 21.9 Å². The molecule has 0 aliphatic carbocycles. The summed E-state index contributed by atoms with van der Waals surface area (Å²) in [5, 5.41) is 42.7. The molecule has 0 radical (unpaired) electrons. The summed E-state index contributed by atoms with van der Waals surface area (Å²) in [6, 6.07) is 53.2. The largest absolute Gasteiger partial charge is 0.398 e. The Labute approximate surface area is 313 Å². The minimum Gasteiger partial charge on any atom is -0.398 e. The van der Waals surface area contributed by atoms with Crippen LogP contribution < -0.4 is 5.73 Å². The zero-order valence-corrected chi connectivity index (χ0v) is 29.5. The third-order valence-electron chi connectivity index (χ3n) is 10.2. The van der Waals surface area contributed by atoms with Gasteiger partial charge < -0.3 is 10.3 Å². The molecule has 0 amide bonds. The Balaban J connectivity index is 1.40. The van der Waals surface area contributed by atoms with Gasteiger partial charge in [-0.15, -0.1) is 0 Å². The lowest BCUT2D eigenvalue weighted by Crippen LogP contribution is -2.02. The monoisotopic (exact) mass is 690 g/mol. The molecule has 6 nitrogen and oxygen atoms in total. The SMILES string of the molecule is Cc1cc(-c2cc(-n3c4cc(-c5ccccc5)ccc4c4ccc(-c5ccccc5)cc43)c(C#N)cc2C#N)c(C)cc1-c1cc(N)c(C#N)cc1C#N. The van der Waals surface area contributed by atoms with Crippen molar-refractivity contribution in [3.8, 4) is 74.5 Å². The van der Waals surface area contributed by atoms with Crippen LogP contribution in [0, 0.1) is 59.2 Å². The molecule has 2 N–H and O–H groups in total. The molecule has 6 heteroatoms. The van der Waals surface area contributed by atoms with E-state index in [-0.39, 0.29) is 5.56 Å². The lowest BCUT2D eigenvalue weighted by atomic mass is 9.87. The highest BCUT2D eigenvalue weighted by Crippen LogP contribution is 2.41. The predicted molar refractivity (Wildman–Crippen MR) is 215 cm³/mol. The molecule has 1 aromatic heterocycles. The molecule has 0 unspecified atom stereocenters. The zero-order chi connectivity index (χ0) is 37.5. The van der Waals surface area contributed by atoms with Gasteiger partial charge in [0.25, 0.3) is 0 Å². The molecule has 0 spiro atoms. The maximum absolute atomic E-state index is 10.6. The summed E-state index contributed by atoms with van der Waals surface area (Å²) in [4.78, 5) is 0. The summed E-state index contributed by atoms with van der Waals surface area (Å²) in [5.74, 6) is 0. The number of aryl methyl sites for hydroxylation is 2. The van der Waals surface area contributed by atoms with Gasteiger partial charge in [0.15, 0.2) is 0 Å². The molecule has 8 aromatic rings. The predicted octanol–water partition coefficient (Wildman–Crippen LogP) is 11.1. The smallest absolute Gasteiger partial charge is 0.101 e. The number of nitrogen functional groups attached to an aromatic ring is 1. The second-order valence-corrected chi connectivity index (χ2v) is 13.4. The molecule has 54 heavy (non-hydrogen) atoms. The van der Waals surface area contributed by atoms with E-state index in [1.165, 1.54) is 6.07 Å². The van der Waals surface area contributed by atoms with Crippen molar-refractivity contribution in [3.05, 3.63) is 167 Å². The fourth-order valence-electron chi connectivity index (χ4n) is 7.50. The van der Waals surface area contributed by atoms with Crippen LogP contribution in [-0.2, 0) is 0 Å². The second kappa shape index (κ2) is 13.3. The van der Waals surface area contributed by atoms with E-state index in [0.29, 0.717) is 39.2 Å². The summed E-state index contributed by atoms with van der Waals surface area (Å²) < 4.78 is 2.15. The third-order valence-corrected chi connectivity index (χ3v) is 10.2. The molecule has 1 heterocycles. The van der Waals surface area contributed by atoms with E-state index in [9.17, 15) is 21.0 Å². The van der Waals surface area contributed by atoms with Crippen molar-refractivity contribution in [2.75, 3.05) is 5.73 Å². The van der Waals surface area contributed by atoms with E-state index < -0.39 is 0 Å². The van der Waals surface area contributed by atoms with Crippen LogP contribution in [0.25, 0.3) is 72.0 Å². The van der Waals surface area contributed by atoms with E-state index in [1.54, 1.807) is 12.1 Å². The first-order valence-electron chi connectivity index (χ1n) is 17.4. The molecular formula is C48H30N6. The lowest BCUT2D eigenvalue weighted by molar-refractivity contribution is 1.16. The third kappa shape index (κ3) is 5.49. The highest BCUT2D eigenvalue weighted by atomic mass is 15.0. The summed E-state index contributed by atoms with van der Waals surface area (Å²) in [7, 11) is 0. The molecule has 0 fully saturated rings. The number of fused-ring (bicyclic) bond motifs is 3. The second-order valence-electron chi connectivity index (χ2n) is 13.4. The molecule has 0 saturated carbocycles. The molecule has 8 rings (SSSR count). The zero-order valence-electron chi connectivity index (χ0n) is 29.5. The average molecular weight is 691 g/mol. The Bertz CT molecular complexity index is 2900. The molecule has 0 saturated heterocycles.